The molecule has 0 heterocycles. The molecule has 0 aliphatic heterocycles. The number of hydrogen-bond acceptors (Lipinski definition) is 5. The standard InChI is InChI=1S/C12H17N3O3/c1-14-15-12(16)7-9(13)8-4-5-10(17-2)11(6-8)18-3/h4-7,14H,13H2,1-3H3,(H,15,16)/b9-7-. The Kier molecular flexibility index (Phi) is 5.01. The minimum Gasteiger partial charge on any atom is -0.493 e. The first-order chi connectivity index (χ1) is 8.62. The third-order valence-electron chi connectivity index (χ3n) is 2.25. The van der Waals surface area contributed by atoms with Gasteiger partial charge in [0.15, 0.2) is 11.5 Å². The molecule has 1 aromatic carbocycles. The van der Waals surface area contributed by atoms with Gasteiger partial charge in [-0.3, -0.25) is 10.2 Å². The first-order valence-corrected chi connectivity index (χ1v) is 5.28. The third-order valence-corrected chi connectivity index (χ3v) is 2.25. The highest BCUT2D eigenvalue weighted by molar-refractivity contribution is 5.94. The third kappa shape index (κ3) is 3.39. The van der Waals surface area contributed by atoms with E-state index in [2.05, 4.69) is 10.9 Å². The number of hydrazine groups is 1. The van der Waals surface area contributed by atoms with Crippen molar-refractivity contribution in [2.75, 3.05) is 21.3 Å². The summed E-state index contributed by atoms with van der Waals surface area (Å²) in [5.74, 6) is 0.832. The Morgan fingerprint density at radius 2 is 1.94 bits per heavy atom. The summed E-state index contributed by atoms with van der Waals surface area (Å²) in [5.41, 5.74) is 11.8. The second-order valence-corrected chi connectivity index (χ2v) is 3.41. The number of carbonyl (C=O) groups is 1. The number of amides is 1. The molecular weight excluding hydrogens is 234 g/mol. The minimum absolute atomic E-state index is 0.329. The number of rotatable bonds is 5. The highest BCUT2D eigenvalue weighted by Gasteiger charge is 2.07. The molecule has 0 aromatic heterocycles. The van der Waals surface area contributed by atoms with Crippen molar-refractivity contribution in [2.24, 2.45) is 5.73 Å². The Balaban J connectivity index is 2.99. The number of hydrogen-bond donors (Lipinski definition) is 3. The minimum atomic E-state index is -0.329. The van der Waals surface area contributed by atoms with Gasteiger partial charge in [0, 0.05) is 24.4 Å². The molecule has 1 aromatic rings. The second kappa shape index (κ2) is 6.51. The van der Waals surface area contributed by atoms with Crippen molar-refractivity contribution in [3.63, 3.8) is 0 Å². The summed E-state index contributed by atoms with van der Waals surface area (Å²) < 4.78 is 10.3. The molecule has 1 rings (SSSR count). The molecule has 0 aliphatic rings. The average molecular weight is 251 g/mol. The molecule has 0 fully saturated rings. The molecule has 0 radical (unpaired) electrons. The van der Waals surface area contributed by atoms with Crippen LogP contribution in [0.15, 0.2) is 24.3 Å². The van der Waals surface area contributed by atoms with Gasteiger partial charge in [-0.25, -0.2) is 5.43 Å². The summed E-state index contributed by atoms with van der Waals surface area (Å²) in [7, 11) is 4.69. The number of ether oxygens (including phenoxy) is 2. The molecule has 4 N–H and O–H groups in total. The van der Waals surface area contributed by atoms with Crippen LogP contribution in [0.2, 0.25) is 0 Å². The lowest BCUT2D eigenvalue weighted by Crippen LogP contribution is -2.33. The quantitative estimate of drug-likeness (QED) is 0.516. The van der Waals surface area contributed by atoms with Crippen LogP contribution in [0.1, 0.15) is 5.56 Å². The molecule has 0 atom stereocenters. The van der Waals surface area contributed by atoms with Crippen LogP contribution in [0, 0.1) is 0 Å². The Bertz CT molecular complexity index is 458. The number of carbonyl (C=O) groups excluding carboxylic acids is 1. The van der Waals surface area contributed by atoms with E-state index in [1.165, 1.54) is 13.2 Å². The van der Waals surface area contributed by atoms with Crippen LogP contribution in [0.4, 0.5) is 0 Å². The molecular formula is C12H17N3O3. The van der Waals surface area contributed by atoms with E-state index in [4.69, 9.17) is 15.2 Å². The van der Waals surface area contributed by atoms with Gasteiger partial charge in [0.25, 0.3) is 5.91 Å². The van der Waals surface area contributed by atoms with E-state index in [1.54, 1.807) is 32.4 Å². The number of methoxy groups -OCH3 is 2. The van der Waals surface area contributed by atoms with Crippen molar-refractivity contribution in [3.8, 4) is 11.5 Å². The van der Waals surface area contributed by atoms with Crippen LogP contribution in [0.3, 0.4) is 0 Å². The highest BCUT2D eigenvalue weighted by Crippen LogP contribution is 2.29. The summed E-state index contributed by atoms with van der Waals surface area (Å²) in [6.07, 6.45) is 1.29. The van der Waals surface area contributed by atoms with Gasteiger partial charge in [-0.2, -0.15) is 0 Å². The maximum absolute atomic E-state index is 11.3. The van der Waals surface area contributed by atoms with Gasteiger partial charge in [0.2, 0.25) is 0 Å². The Morgan fingerprint density at radius 1 is 1.28 bits per heavy atom. The lowest BCUT2D eigenvalue weighted by Gasteiger charge is -2.09. The van der Waals surface area contributed by atoms with Gasteiger partial charge < -0.3 is 15.2 Å². The van der Waals surface area contributed by atoms with E-state index in [1.807, 2.05) is 0 Å². The molecule has 0 saturated heterocycles. The molecule has 0 saturated carbocycles. The van der Waals surface area contributed by atoms with Gasteiger partial charge in [-0.1, -0.05) is 0 Å². The van der Waals surface area contributed by atoms with Crippen molar-refractivity contribution >= 4 is 11.6 Å². The van der Waals surface area contributed by atoms with Gasteiger partial charge >= 0.3 is 0 Å². The van der Waals surface area contributed by atoms with E-state index < -0.39 is 0 Å². The largest absolute Gasteiger partial charge is 0.493 e. The summed E-state index contributed by atoms with van der Waals surface area (Å²) in [4.78, 5) is 11.3. The van der Waals surface area contributed by atoms with Crippen LogP contribution in [0.5, 0.6) is 11.5 Å². The first-order valence-electron chi connectivity index (χ1n) is 5.28. The summed E-state index contributed by atoms with van der Waals surface area (Å²) in [6.45, 7) is 0. The van der Waals surface area contributed by atoms with Crippen LogP contribution < -0.4 is 26.1 Å². The summed E-state index contributed by atoms with van der Waals surface area (Å²) >= 11 is 0. The topological polar surface area (TPSA) is 85.6 Å². The molecule has 0 bridgehead atoms. The maximum atomic E-state index is 11.3. The molecule has 6 nitrogen and oxygen atoms in total. The Morgan fingerprint density at radius 3 is 2.50 bits per heavy atom. The predicted octanol–water partition coefficient (Wildman–Crippen LogP) is 0.254. The molecule has 98 valence electrons. The first kappa shape index (κ1) is 13.9. The van der Waals surface area contributed by atoms with E-state index >= 15 is 0 Å². The molecule has 0 spiro atoms. The normalized spacial score (nSPS) is 10.9. The van der Waals surface area contributed by atoms with Gasteiger partial charge in [0.05, 0.1) is 14.2 Å². The lowest BCUT2D eigenvalue weighted by molar-refractivity contribution is -0.117. The zero-order chi connectivity index (χ0) is 13.5. The highest BCUT2D eigenvalue weighted by atomic mass is 16.5. The van der Waals surface area contributed by atoms with Crippen molar-refractivity contribution in [2.45, 2.75) is 0 Å². The van der Waals surface area contributed by atoms with Crippen molar-refractivity contribution in [1.82, 2.24) is 10.9 Å². The van der Waals surface area contributed by atoms with Crippen LogP contribution >= 0.6 is 0 Å². The fourth-order valence-corrected chi connectivity index (χ4v) is 1.40. The fourth-order valence-electron chi connectivity index (χ4n) is 1.40. The molecule has 0 aliphatic carbocycles. The zero-order valence-corrected chi connectivity index (χ0v) is 10.6. The van der Waals surface area contributed by atoms with Crippen molar-refractivity contribution in [1.29, 1.82) is 0 Å². The van der Waals surface area contributed by atoms with Crippen LogP contribution in [0.25, 0.3) is 5.70 Å². The van der Waals surface area contributed by atoms with Crippen LogP contribution in [-0.4, -0.2) is 27.2 Å². The van der Waals surface area contributed by atoms with Crippen molar-refractivity contribution < 1.29 is 14.3 Å². The predicted molar refractivity (Wildman–Crippen MR) is 68.9 cm³/mol. The number of nitrogens with two attached hydrogens (primary N) is 1. The fraction of sp³-hybridized carbons (Fsp3) is 0.250. The number of nitrogens with one attached hydrogen (secondary N) is 2. The van der Waals surface area contributed by atoms with Gasteiger partial charge in [0.1, 0.15) is 0 Å². The zero-order valence-electron chi connectivity index (χ0n) is 10.6. The summed E-state index contributed by atoms with van der Waals surface area (Å²) in [5, 5.41) is 0. The average Bonchev–Trinajstić information content (AvgIpc) is 2.38. The molecule has 6 heteroatoms. The van der Waals surface area contributed by atoms with Crippen LogP contribution in [-0.2, 0) is 4.79 Å². The van der Waals surface area contributed by atoms with Gasteiger partial charge in [-0.15, -0.1) is 0 Å². The molecule has 18 heavy (non-hydrogen) atoms. The number of benzene rings is 1. The Labute approximate surface area is 106 Å². The lowest BCUT2D eigenvalue weighted by atomic mass is 10.1. The molecule has 1 amide bonds. The Hall–Kier alpha value is -2.21. The van der Waals surface area contributed by atoms with E-state index in [0.29, 0.717) is 22.8 Å². The molecule has 0 unspecified atom stereocenters. The summed E-state index contributed by atoms with van der Waals surface area (Å²) in [6, 6.07) is 5.18. The maximum Gasteiger partial charge on any atom is 0.260 e. The smallest absolute Gasteiger partial charge is 0.260 e. The monoisotopic (exact) mass is 251 g/mol. The second-order valence-electron chi connectivity index (χ2n) is 3.41. The van der Waals surface area contributed by atoms with E-state index in [9.17, 15) is 4.79 Å². The van der Waals surface area contributed by atoms with E-state index in [0.717, 1.165) is 0 Å². The SMILES string of the molecule is CNNC(=O)/C=C(\N)c1ccc(OC)c(OC)c1. The van der Waals surface area contributed by atoms with Gasteiger partial charge in [-0.05, 0) is 18.2 Å². The van der Waals surface area contributed by atoms with Crippen molar-refractivity contribution in [3.05, 3.63) is 29.8 Å². The van der Waals surface area contributed by atoms with E-state index in [-0.39, 0.29) is 5.91 Å².